The molecule has 1 unspecified atom stereocenters. The van der Waals surface area contributed by atoms with Crippen LogP contribution in [0, 0.1) is 5.92 Å². The average molecular weight is 671 g/mol. The Labute approximate surface area is 247 Å². The number of halogens is 9. The molecule has 13 nitrogen and oxygen atoms in total. The average Bonchev–Trinajstić information content (AvgIpc) is 3.27. The van der Waals surface area contributed by atoms with Gasteiger partial charge in [0.05, 0.1) is 24.8 Å². The van der Waals surface area contributed by atoms with Crippen molar-refractivity contribution < 1.29 is 78.7 Å². The molecule has 0 radical (unpaired) electrons. The van der Waals surface area contributed by atoms with Gasteiger partial charge >= 0.3 is 36.4 Å². The maximum Gasteiger partial charge on any atom is 0.490 e. The zero-order valence-corrected chi connectivity index (χ0v) is 22.9. The molecule has 0 spiro atoms. The van der Waals surface area contributed by atoms with Crippen LogP contribution in [0.4, 0.5) is 39.5 Å². The van der Waals surface area contributed by atoms with Crippen molar-refractivity contribution in [3.8, 4) is 0 Å². The summed E-state index contributed by atoms with van der Waals surface area (Å²) in [6.07, 6.45) is -9.86. The van der Waals surface area contributed by atoms with Gasteiger partial charge in [0.2, 0.25) is 5.91 Å². The van der Waals surface area contributed by atoms with Gasteiger partial charge in [-0.25, -0.2) is 14.4 Å². The number of hydrogen-bond acceptors (Lipinski definition) is 8. The first-order valence-corrected chi connectivity index (χ1v) is 11.9. The second-order valence-electron chi connectivity index (χ2n) is 8.42. The molecule has 22 heteroatoms. The Bertz CT molecular complexity index is 1160. The lowest BCUT2D eigenvalue weighted by Gasteiger charge is -2.23. The third-order valence-corrected chi connectivity index (χ3v) is 4.92. The Morgan fingerprint density at radius 2 is 1.31 bits per heavy atom. The van der Waals surface area contributed by atoms with E-state index in [1.807, 2.05) is 22.9 Å². The number of nitrogens with one attached hydrogen (secondary N) is 1. The fraction of sp³-hybridized carbons (Fsp3) is 0.478. The molecular formula is C23H26F9N5O8. The number of aliphatic carboxylic acids is 3. The zero-order valence-electron chi connectivity index (χ0n) is 22.9. The number of alkyl halides is 9. The molecule has 45 heavy (non-hydrogen) atoms. The maximum absolute atomic E-state index is 12.5. The highest BCUT2D eigenvalue weighted by molar-refractivity contribution is 5.78. The minimum atomic E-state index is -5.08. The fourth-order valence-electron chi connectivity index (χ4n) is 2.98. The number of aromatic nitrogens is 3. The molecule has 2 aromatic heterocycles. The normalized spacial score (nSPS) is 14.8. The maximum atomic E-state index is 12.5. The van der Waals surface area contributed by atoms with E-state index in [-0.39, 0.29) is 11.8 Å². The van der Waals surface area contributed by atoms with Crippen molar-refractivity contribution in [3.63, 3.8) is 0 Å². The molecule has 1 aliphatic rings. The molecule has 0 saturated heterocycles. The van der Waals surface area contributed by atoms with E-state index >= 15 is 0 Å². The summed E-state index contributed by atoms with van der Waals surface area (Å²) in [6.45, 7) is 3.92. The highest BCUT2D eigenvalue weighted by atomic mass is 19.4. The van der Waals surface area contributed by atoms with Crippen molar-refractivity contribution >= 4 is 23.8 Å². The molecule has 0 saturated carbocycles. The molecule has 0 bridgehead atoms. The van der Waals surface area contributed by atoms with E-state index in [1.165, 1.54) is 5.56 Å². The quantitative estimate of drug-likeness (QED) is 0.262. The molecule has 0 fully saturated rings. The predicted octanol–water partition coefficient (Wildman–Crippen LogP) is 2.57. The van der Waals surface area contributed by atoms with E-state index in [0.29, 0.717) is 26.2 Å². The Balaban J connectivity index is 0.000000753. The lowest BCUT2D eigenvalue weighted by molar-refractivity contribution is -0.193. The highest BCUT2D eigenvalue weighted by Crippen LogP contribution is 2.18. The van der Waals surface area contributed by atoms with Gasteiger partial charge in [0.15, 0.2) is 0 Å². The molecule has 4 N–H and O–H groups in total. The highest BCUT2D eigenvalue weighted by Gasteiger charge is 2.39. The van der Waals surface area contributed by atoms with Crippen molar-refractivity contribution in [2.75, 3.05) is 26.8 Å². The summed E-state index contributed by atoms with van der Waals surface area (Å²) in [7, 11) is 1.63. The molecular weight excluding hydrogens is 645 g/mol. The standard InChI is InChI=1S/C17H23N5O2.3C2HF3O2/c1-24-9-8-19-17(23)15-11-21(10-14-2-5-18-6-3-14)13-16-4-7-20-22(16)12-15;3*3-2(4,5)1(6)7/h2-7,15H,8-13H2,1H3,(H,19,23);3*(H,6,7). The third kappa shape index (κ3) is 17.4. The number of carboxylic acids is 3. The summed E-state index contributed by atoms with van der Waals surface area (Å²) in [5.41, 5.74) is 2.33. The van der Waals surface area contributed by atoms with Gasteiger partial charge in [-0.05, 0) is 23.8 Å². The van der Waals surface area contributed by atoms with Crippen molar-refractivity contribution in [2.45, 2.75) is 38.2 Å². The van der Waals surface area contributed by atoms with Gasteiger partial charge in [-0.2, -0.15) is 44.6 Å². The summed E-state index contributed by atoms with van der Waals surface area (Å²) in [5, 5.41) is 28.7. The van der Waals surface area contributed by atoms with Crippen molar-refractivity contribution in [2.24, 2.45) is 5.92 Å². The molecule has 1 amide bonds. The number of carboxylic acid groups (broad SMARTS) is 3. The van der Waals surface area contributed by atoms with Crippen LogP contribution in [0.1, 0.15) is 11.3 Å². The molecule has 3 rings (SSSR count). The van der Waals surface area contributed by atoms with Gasteiger partial charge in [0, 0.05) is 51.9 Å². The summed E-state index contributed by atoms with van der Waals surface area (Å²) in [6, 6.07) is 6.04. The summed E-state index contributed by atoms with van der Waals surface area (Å²) in [5.74, 6) is -8.35. The Hall–Kier alpha value is -4.47. The summed E-state index contributed by atoms with van der Waals surface area (Å²) >= 11 is 0. The zero-order chi connectivity index (χ0) is 35.0. The van der Waals surface area contributed by atoms with Gasteiger partial charge in [0.1, 0.15) is 0 Å². The molecule has 1 aliphatic heterocycles. The van der Waals surface area contributed by atoms with Crippen LogP contribution in [-0.4, -0.2) is 104 Å². The van der Waals surface area contributed by atoms with Crippen molar-refractivity contribution in [3.05, 3.63) is 48.0 Å². The molecule has 2 aromatic rings. The van der Waals surface area contributed by atoms with E-state index in [4.69, 9.17) is 34.4 Å². The van der Waals surface area contributed by atoms with Crippen LogP contribution in [0.3, 0.4) is 0 Å². The second-order valence-corrected chi connectivity index (χ2v) is 8.42. The van der Waals surface area contributed by atoms with Crippen LogP contribution in [0.5, 0.6) is 0 Å². The lowest BCUT2D eigenvalue weighted by Crippen LogP contribution is -2.40. The lowest BCUT2D eigenvalue weighted by atomic mass is 10.1. The first-order chi connectivity index (χ1) is 20.6. The fourth-order valence-corrected chi connectivity index (χ4v) is 2.98. The number of nitrogens with zero attached hydrogens (tertiary/aromatic N) is 4. The van der Waals surface area contributed by atoms with Crippen LogP contribution in [0.2, 0.25) is 0 Å². The first kappa shape index (κ1) is 40.5. The Kier molecular flexibility index (Phi) is 16.5. The van der Waals surface area contributed by atoms with Gasteiger partial charge in [0.25, 0.3) is 0 Å². The molecule has 1 atom stereocenters. The van der Waals surface area contributed by atoms with Crippen molar-refractivity contribution in [1.82, 2.24) is 25.0 Å². The smallest absolute Gasteiger partial charge is 0.475 e. The largest absolute Gasteiger partial charge is 0.490 e. The Morgan fingerprint density at radius 3 is 1.73 bits per heavy atom. The molecule has 0 aromatic carbocycles. The summed E-state index contributed by atoms with van der Waals surface area (Å²) in [4.78, 5) is 45.5. The van der Waals surface area contributed by atoms with Gasteiger partial charge in [-0.1, -0.05) is 0 Å². The van der Waals surface area contributed by atoms with E-state index in [1.54, 1.807) is 25.7 Å². The van der Waals surface area contributed by atoms with E-state index in [9.17, 15) is 44.3 Å². The number of carbonyl (C=O) groups excluding carboxylic acids is 1. The summed E-state index contributed by atoms with van der Waals surface area (Å²) < 4.78 is 102. The number of hydrogen-bond donors (Lipinski definition) is 4. The van der Waals surface area contributed by atoms with Crippen LogP contribution < -0.4 is 5.32 Å². The minimum absolute atomic E-state index is 0.0510. The molecule has 3 heterocycles. The number of pyridine rings is 1. The second kappa shape index (κ2) is 18.4. The monoisotopic (exact) mass is 671 g/mol. The van der Waals surface area contributed by atoms with Crippen LogP contribution >= 0.6 is 0 Å². The van der Waals surface area contributed by atoms with E-state index < -0.39 is 36.4 Å². The molecule has 254 valence electrons. The van der Waals surface area contributed by atoms with E-state index in [0.717, 1.165) is 18.8 Å². The topological polar surface area (TPSA) is 184 Å². The minimum Gasteiger partial charge on any atom is -0.475 e. The predicted molar refractivity (Wildman–Crippen MR) is 130 cm³/mol. The number of ether oxygens (including phenoxy) is 1. The van der Waals surface area contributed by atoms with E-state index in [2.05, 4.69) is 20.3 Å². The first-order valence-electron chi connectivity index (χ1n) is 11.9. The van der Waals surface area contributed by atoms with Crippen LogP contribution in [-0.2, 0) is 43.5 Å². The number of methoxy groups -OCH3 is 1. The third-order valence-electron chi connectivity index (χ3n) is 4.92. The number of rotatable bonds is 6. The Morgan fingerprint density at radius 1 is 0.844 bits per heavy atom. The van der Waals surface area contributed by atoms with Gasteiger partial charge in [-0.15, -0.1) is 0 Å². The number of carbonyl (C=O) groups is 4. The molecule has 0 aliphatic carbocycles. The van der Waals surface area contributed by atoms with Crippen LogP contribution in [0.15, 0.2) is 36.8 Å². The number of fused-ring (bicyclic) bond motifs is 1. The van der Waals surface area contributed by atoms with Gasteiger partial charge in [-0.3, -0.25) is 19.4 Å². The van der Waals surface area contributed by atoms with Crippen molar-refractivity contribution in [1.29, 1.82) is 0 Å². The SMILES string of the molecule is COCCNC(=O)C1CN(Cc2ccncc2)Cc2ccnn2C1.O=C(O)C(F)(F)F.O=C(O)C(F)(F)F.O=C(O)C(F)(F)F. The van der Waals surface area contributed by atoms with Crippen LogP contribution in [0.25, 0.3) is 0 Å². The van der Waals surface area contributed by atoms with Gasteiger partial charge < -0.3 is 25.4 Å². The number of amides is 1.